The number of carbonyl (C=O) groups is 1. The van der Waals surface area contributed by atoms with Gasteiger partial charge in [0, 0.05) is 45.6 Å². The van der Waals surface area contributed by atoms with E-state index < -0.39 is 35.9 Å². The maximum absolute atomic E-state index is 13.0. The van der Waals surface area contributed by atoms with Crippen molar-refractivity contribution < 1.29 is 40.6 Å². The minimum Gasteiger partial charge on any atom is -0.462 e. The van der Waals surface area contributed by atoms with Gasteiger partial charge in [0.05, 0.1) is 29.9 Å². The predicted molar refractivity (Wildman–Crippen MR) is 107 cm³/mol. The van der Waals surface area contributed by atoms with E-state index in [0.29, 0.717) is 38.5 Å². The highest BCUT2D eigenvalue weighted by Crippen LogP contribution is 2.36. The van der Waals surface area contributed by atoms with Gasteiger partial charge in [0.1, 0.15) is 6.61 Å². The van der Waals surface area contributed by atoms with Crippen molar-refractivity contribution in [1.29, 1.82) is 0 Å². The second-order valence-electron chi connectivity index (χ2n) is 7.63. The van der Waals surface area contributed by atoms with Crippen molar-refractivity contribution in [2.24, 2.45) is 0 Å². The molecule has 1 aromatic heterocycles. The van der Waals surface area contributed by atoms with Crippen LogP contribution in [0.15, 0.2) is 30.6 Å². The fourth-order valence-corrected chi connectivity index (χ4v) is 3.27. The van der Waals surface area contributed by atoms with Crippen molar-refractivity contribution in [2.75, 3.05) is 46.5 Å². The number of amides is 1. The summed E-state index contributed by atoms with van der Waals surface area (Å²) in [5, 5.41) is 0. The Morgan fingerprint density at radius 1 is 1.03 bits per heavy atom. The average molecular weight is 492 g/mol. The van der Waals surface area contributed by atoms with E-state index in [1.165, 1.54) is 19.4 Å². The first-order valence-electron chi connectivity index (χ1n) is 10.2. The maximum Gasteiger partial charge on any atom is 0.416 e. The van der Waals surface area contributed by atoms with E-state index in [4.69, 9.17) is 9.47 Å². The predicted octanol–water partition coefficient (Wildman–Crippen LogP) is 3.50. The Balaban J connectivity index is 1.62. The fourth-order valence-electron chi connectivity index (χ4n) is 3.27. The Hall–Kier alpha value is -2.93. The topological polar surface area (TPSA) is 67.8 Å². The van der Waals surface area contributed by atoms with Crippen molar-refractivity contribution in [1.82, 2.24) is 19.8 Å². The lowest BCUT2D eigenvalue weighted by Crippen LogP contribution is -2.38. The van der Waals surface area contributed by atoms with Crippen molar-refractivity contribution in [3.8, 4) is 6.01 Å². The number of benzene rings is 1. The molecule has 186 valence electrons. The Kier molecular flexibility index (Phi) is 7.97. The molecule has 2 heterocycles. The van der Waals surface area contributed by atoms with Gasteiger partial charge in [0.2, 0.25) is 0 Å². The molecule has 1 amide bonds. The molecule has 0 saturated carbocycles. The molecule has 2 aromatic rings. The zero-order chi connectivity index (χ0) is 24.9. The van der Waals surface area contributed by atoms with E-state index in [9.17, 15) is 31.1 Å². The van der Waals surface area contributed by atoms with Crippen molar-refractivity contribution in [3.63, 3.8) is 0 Å². The molecule has 0 radical (unpaired) electrons. The molecule has 13 heteroatoms. The van der Waals surface area contributed by atoms with E-state index in [1.54, 1.807) is 0 Å². The monoisotopic (exact) mass is 492 g/mol. The van der Waals surface area contributed by atoms with Crippen LogP contribution in [-0.2, 0) is 23.6 Å². The average Bonchev–Trinajstić information content (AvgIpc) is 2.78. The number of carbonyl (C=O) groups excluding carboxylic acids is 1. The number of ether oxygens (including phenoxy) is 2. The first-order valence-corrected chi connectivity index (χ1v) is 10.2. The molecule has 0 bridgehead atoms. The second-order valence-corrected chi connectivity index (χ2v) is 7.63. The first-order chi connectivity index (χ1) is 15.9. The third-order valence-corrected chi connectivity index (χ3v) is 5.03. The molecule has 1 saturated heterocycles. The lowest BCUT2D eigenvalue weighted by Gasteiger charge is -2.26. The third kappa shape index (κ3) is 7.03. The number of halogens is 6. The van der Waals surface area contributed by atoms with E-state index in [0.717, 1.165) is 18.0 Å². The zero-order valence-corrected chi connectivity index (χ0v) is 18.1. The van der Waals surface area contributed by atoms with Gasteiger partial charge in [-0.2, -0.15) is 26.3 Å². The number of hydrogen-bond acceptors (Lipinski definition) is 6. The summed E-state index contributed by atoms with van der Waals surface area (Å²) >= 11 is 0. The molecule has 34 heavy (non-hydrogen) atoms. The van der Waals surface area contributed by atoms with Crippen molar-refractivity contribution in [2.45, 2.75) is 18.9 Å². The highest BCUT2D eigenvalue weighted by molar-refractivity contribution is 5.93. The van der Waals surface area contributed by atoms with Gasteiger partial charge in [-0.05, 0) is 23.8 Å². The summed E-state index contributed by atoms with van der Waals surface area (Å²) in [5.74, 6) is -0.675. The molecule has 1 fully saturated rings. The Bertz CT molecular complexity index is 944. The molecular formula is C21H22F6N4O3. The van der Waals surface area contributed by atoms with E-state index in [1.807, 2.05) is 0 Å². The summed E-state index contributed by atoms with van der Waals surface area (Å²) in [4.78, 5) is 23.6. The molecule has 1 aromatic carbocycles. The Labute approximate surface area is 191 Å². The van der Waals surface area contributed by atoms with Gasteiger partial charge in [-0.3, -0.25) is 9.69 Å². The number of morpholine rings is 1. The zero-order valence-electron chi connectivity index (χ0n) is 18.1. The summed E-state index contributed by atoms with van der Waals surface area (Å²) in [6.45, 7) is 3.37. The van der Waals surface area contributed by atoms with Gasteiger partial charge in [-0.15, -0.1) is 0 Å². The fraction of sp³-hybridized carbons (Fsp3) is 0.476. The number of nitrogens with zero attached hydrogens (tertiary/aromatic N) is 4. The number of rotatable bonds is 7. The minimum absolute atomic E-state index is 0.00560. The minimum atomic E-state index is -4.97. The molecular weight excluding hydrogens is 470 g/mol. The van der Waals surface area contributed by atoms with Crippen LogP contribution in [0.4, 0.5) is 26.3 Å². The van der Waals surface area contributed by atoms with Gasteiger partial charge in [0.25, 0.3) is 5.91 Å². The summed E-state index contributed by atoms with van der Waals surface area (Å²) in [5.41, 5.74) is -3.20. The molecule has 1 aliphatic heterocycles. The van der Waals surface area contributed by atoms with Crippen molar-refractivity contribution >= 4 is 5.91 Å². The SMILES string of the molecule is CN(Cc1cc(C(F)(F)F)cc(C(F)(F)F)c1)C(=O)c1cnc(OCCN2CCOCC2)nc1. The molecule has 0 spiro atoms. The lowest BCUT2D eigenvalue weighted by molar-refractivity contribution is -0.143. The molecule has 0 unspecified atom stereocenters. The molecule has 7 nitrogen and oxygen atoms in total. The molecule has 1 aliphatic rings. The van der Waals surface area contributed by atoms with Gasteiger partial charge in [-0.1, -0.05) is 0 Å². The third-order valence-electron chi connectivity index (χ3n) is 5.03. The normalized spacial score (nSPS) is 15.3. The van der Waals surface area contributed by atoms with Gasteiger partial charge >= 0.3 is 18.4 Å². The number of hydrogen-bond donors (Lipinski definition) is 0. The van der Waals surface area contributed by atoms with Crippen LogP contribution >= 0.6 is 0 Å². The Morgan fingerprint density at radius 2 is 1.59 bits per heavy atom. The van der Waals surface area contributed by atoms with Crippen LogP contribution in [0.25, 0.3) is 0 Å². The summed E-state index contributed by atoms with van der Waals surface area (Å²) in [7, 11) is 1.25. The van der Waals surface area contributed by atoms with Crippen LogP contribution in [-0.4, -0.2) is 72.2 Å². The van der Waals surface area contributed by atoms with Crippen LogP contribution < -0.4 is 4.74 Å². The largest absolute Gasteiger partial charge is 0.462 e. The van der Waals surface area contributed by atoms with Gasteiger partial charge < -0.3 is 14.4 Å². The van der Waals surface area contributed by atoms with Crippen LogP contribution in [0.2, 0.25) is 0 Å². The van der Waals surface area contributed by atoms with Crippen molar-refractivity contribution in [3.05, 3.63) is 52.8 Å². The second kappa shape index (κ2) is 10.6. The Morgan fingerprint density at radius 3 is 2.12 bits per heavy atom. The smallest absolute Gasteiger partial charge is 0.416 e. The van der Waals surface area contributed by atoms with Crippen LogP contribution in [0, 0.1) is 0 Å². The molecule has 0 aliphatic carbocycles. The molecule has 3 rings (SSSR count). The van der Waals surface area contributed by atoms with E-state index in [2.05, 4.69) is 14.9 Å². The number of alkyl halides is 6. The first kappa shape index (κ1) is 25.7. The summed E-state index contributed by atoms with van der Waals surface area (Å²) in [6.07, 6.45) is -7.57. The highest BCUT2D eigenvalue weighted by atomic mass is 19.4. The summed E-state index contributed by atoms with van der Waals surface area (Å²) < 4.78 is 89.0. The van der Waals surface area contributed by atoms with Gasteiger partial charge in [-0.25, -0.2) is 9.97 Å². The van der Waals surface area contributed by atoms with E-state index >= 15 is 0 Å². The van der Waals surface area contributed by atoms with E-state index in [-0.39, 0.29) is 23.2 Å². The van der Waals surface area contributed by atoms with Crippen LogP contribution in [0.3, 0.4) is 0 Å². The standard InChI is InChI=1S/C21H22F6N4O3/c1-30(13-14-8-16(20(22,23)24)10-17(9-14)21(25,26)27)18(32)15-11-28-19(29-12-15)34-7-4-31-2-5-33-6-3-31/h8-12H,2-7,13H2,1H3. The maximum atomic E-state index is 13.0. The van der Waals surface area contributed by atoms with Gasteiger partial charge in [0.15, 0.2) is 0 Å². The highest BCUT2D eigenvalue weighted by Gasteiger charge is 2.37. The number of aromatic nitrogens is 2. The summed E-state index contributed by atoms with van der Waals surface area (Å²) in [6, 6.07) is 1.25. The molecule has 0 N–H and O–H groups in total. The van der Waals surface area contributed by atoms with Crippen LogP contribution in [0.5, 0.6) is 6.01 Å². The molecule has 0 atom stereocenters. The quantitative estimate of drug-likeness (QED) is 0.552. The van der Waals surface area contributed by atoms with Crippen LogP contribution in [0.1, 0.15) is 27.0 Å². The lowest BCUT2D eigenvalue weighted by atomic mass is 10.0.